The van der Waals surface area contributed by atoms with Crippen LogP contribution < -0.4 is 0 Å². The molecule has 1 aromatic rings. The first-order valence-corrected chi connectivity index (χ1v) is 10.2. The number of sulfonamides is 1. The average molecular weight is 370 g/mol. The maximum atomic E-state index is 11.8. The summed E-state index contributed by atoms with van der Waals surface area (Å²) in [5, 5.41) is 8.92. The fourth-order valence-electron chi connectivity index (χ4n) is 3.03. The van der Waals surface area contributed by atoms with Gasteiger partial charge in [0.15, 0.2) is 0 Å². The van der Waals surface area contributed by atoms with Crippen molar-refractivity contribution in [3.05, 3.63) is 35.4 Å². The minimum atomic E-state index is -3.59. The van der Waals surface area contributed by atoms with Crippen molar-refractivity contribution in [2.24, 2.45) is 0 Å². The van der Waals surface area contributed by atoms with E-state index in [2.05, 4.69) is 24.0 Å². The molecule has 0 aliphatic carbocycles. The second-order valence-electron chi connectivity index (χ2n) is 6.30. The zero-order valence-electron chi connectivity index (χ0n) is 14.7. The Morgan fingerprint density at radius 1 is 1.36 bits per heavy atom. The quantitative estimate of drug-likeness (QED) is 0.728. The standard InChI is InChI=1S/C17H26N2O5S/c1-3-14-6-4-5-7-15(14)10-18-8-9-24-16(11-18)12-19(13-17(20)21)25(2,22)23/h4-7,16H,3,8-13H2,1-2H3,(H,20,21). The molecule has 1 atom stereocenters. The normalized spacial score (nSPS) is 19.2. The zero-order chi connectivity index (χ0) is 18.4. The molecule has 0 saturated carbocycles. The van der Waals surface area contributed by atoms with Crippen molar-refractivity contribution in [3.8, 4) is 0 Å². The highest BCUT2D eigenvalue weighted by atomic mass is 32.2. The highest BCUT2D eigenvalue weighted by Gasteiger charge is 2.28. The molecule has 1 fully saturated rings. The molecule has 1 saturated heterocycles. The van der Waals surface area contributed by atoms with E-state index < -0.39 is 22.5 Å². The Morgan fingerprint density at radius 3 is 2.64 bits per heavy atom. The number of hydrogen-bond acceptors (Lipinski definition) is 5. The van der Waals surface area contributed by atoms with Gasteiger partial charge in [-0.05, 0) is 17.5 Å². The lowest BCUT2D eigenvalue weighted by Gasteiger charge is -2.35. The van der Waals surface area contributed by atoms with Crippen molar-refractivity contribution in [1.29, 1.82) is 0 Å². The summed E-state index contributed by atoms with van der Waals surface area (Å²) in [6, 6.07) is 8.27. The number of aliphatic carboxylic acids is 1. The molecule has 2 rings (SSSR count). The second kappa shape index (κ2) is 8.75. The third-order valence-corrected chi connectivity index (χ3v) is 5.52. The van der Waals surface area contributed by atoms with Crippen molar-refractivity contribution < 1.29 is 23.1 Å². The van der Waals surface area contributed by atoms with Crippen molar-refractivity contribution in [2.45, 2.75) is 26.0 Å². The summed E-state index contributed by atoms with van der Waals surface area (Å²) >= 11 is 0. The molecular weight excluding hydrogens is 344 g/mol. The number of carboxylic acids is 1. The SMILES string of the molecule is CCc1ccccc1CN1CCOC(CN(CC(=O)O)S(C)(=O)=O)C1. The molecule has 0 radical (unpaired) electrons. The molecule has 25 heavy (non-hydrogen) atoms. The largest absolute Gasteiger partial charge is 0.480 e. The Hall–Kier alpha value is -1.48. The van der Waals surface area contributed by atoms with Gasteiger partial charge in [-0.25, -0.2) is 8.42 Å². The molecule has 140 valence electrons. The molecular formula is C17H26N2O5S. The predicted molar refractivity (Wildman–Crippen MR) is 94.9 cm³/mol. The van der Waals surface area contributed by atoms with Crippen LogP contribution in [0.5, 0.6) is 0 Å². The summed E-state index contributed by atoms with van der Waals surface area (Å²) in [4.78, 5) is 13.1. The predicted octanol–water partition coefficient (Wildman–Crippen LogP) is 0.796. The number of rotatable bonds is 8. The van der Waals surface area contributed by atoms with Crippen LogP contribution in [0.15, 0.2) is 24.3 Å². The molecule has 0 amide bonds. The number of morpholine rings is 1. The average Bonchev–Trinajstić information content (AvgIpc) is 2.54. The van der Waals surface area contributed by atoms with Gasteiger partial charge in [-0.15, -0.1) is 0 Å². The summed E-state index contributed by atoms with van der Waals surface area (Å²) in [7, 11) is -3.59. The van der Waals surface area contributed by atoms with Gasteiger partial charge in [-0.2, -0.15) is 4.31 Å². The minimum Gasteiger partial charge on any atom is -0.480 e. The molecule has 0 spiro atoms. The number of benzene rings is 1. The monoisotopic (exact) mass is 370 g/mol. The van der Waals surface area contributed by atoms with Gasteiger partial charge < -0.3 is 9.84 Å². The van der Waals surface area contributed by atoms with Crippen LogP contribution in [0.1, 0.15) is 18.1 Å². The molecule has 0 aromatic heterocycles. The molecule has 8 heteroatoms. The van der Waals surface area contributed by atoms with Crippen LogP contribution in [-0.4, -0.2) is 73.8 Å². The molecule has 1 aliphatic rings. The Bertz CT molecular complexity index is 692. The Labute approximate surface area is 149 Å². The topological polar surface area (TPSA) is 87.2 Å². The molecule has 0 bridgehead atoms. The van der Waals surface area contributed by atoms with E-state index in [9.17, 15) is 13.2 Å². The zero-order valence-corrected chi connectivity index (χ0v) is 15.5. The van der Waals surface area contributed by atoms with Crippen LogP contribution in [-0.2, 0) is 32.5 Å². The van der Waals surface area contributed by atoms with Crippen LogP contribution in [0.4, 0.5) is 0 Å². The van der Waals surface area contributed by atoms with Crippen LogP contribution in [0.25, 0.3) is 0 Å². The summed E-state index contributed by atoms with van der Waals surface area (Å²) in [6.45, 7) is 4.26. The first kappa shape index (κ1) is 19.8. The Kier molecular flexibility index (Phi) is 6.95. The molecule has 1 unspecified atom stereocenters. The van der Waals surface area contributed by atoms with E-state index in [1.807, 2.05) is 12.1 Å². The second-order valence-corrected chi connectivity index (χ2v) is 8.28. The fraction of sp³-hybridized carbons (Fsp3) is 0.588. The van der Waals surface area contributed by atoms with Gasteiger partial charge in [-0.1, -0.05) is 31.2 Å². The number of ether oxygens (including phenoxy) is 1. The van der Waals surface area contributed by atoms with Gasteiger partial charge >= 0.3 is 5.97 Å². The van der Waals surface area contributed by atoms with Gasteiger partial charge in [0.2, 0.25) is 10.0 Å². The maximum absolute atomic E-state index is 11.8. The van der Waals surface area contributed by atoms with Crippen LogP contribution in [0.2, 0.25) is 0 Å². The van der Waals surface area contributed by atoms with E-state index in [4.69, 9.17) is 9.84 Å². The van der Waals surface area contributed by atoms with Gasteiger partial charge in [0.1, 0.15) is 6.54 Å². The lowest BCUT2D eigenvalue weighted by atomic mass is 10.0. The minimum absolute atomic E-state index is 0.0526. The van der Waals surface area contributed by atoms with Gasteiger partial charge in [0.25, 0.3) is 0 Å². The molecule has 1 N–H and O–H groups in total. The number of aryl methyl sites for hydroxylation is 1. The lowest BCUT2D eigenvalue weighted by molar-refractivity contribution is -0.137. The first-order chi connectivity index (χ1) is 11.8. The molecule has 1 aliphatic heterocycles. The van der Waals surface area contributed by atoms with E-state index in [0.29, 0.717) is 13.2 Å². The molecule has 7 nitrogen and oxygen atoms in total. The third kappa shape index (κ3) is 6.07. The maximum Gasteiger partial charge on any atom is 0.318 e. The summed E-state index contributed by atoms with van der Waals surface area (Å²) in [6.07, 6.45) is 1.65. The van der Waals surface area contributed by atoms with E-state index in [1.54, 1.807) is 0 Å². The summed E-state index contributed by atoms with van der Waals surface area (Å²) < 4.78 is 30.2. The molecule has 1 heterocycles. The van der Waals surface area contributed by atoms with Crippen molar-refractivity contribution in [2.75, 3.05) is 39.0 Å². The van der Waals surface area contributed by atoms with Gasteiger partial charge in [-0.3, -0.25) is 9.69 Å². The van der Waals surface area contributed by atoms with Crippen molar-refractivity contribution >= 4 is 16.0 Å². The van der Waals surface area contributed by atoms with Crippen molar-refractivity contribution in [3.63, 3.8) is 0 Å². The molecule has 1 aromatic carbocycles. The van der Waals surface area contributed by atoms with Crippen molar-refractivity contribution in [1.82, 2.24) is 9.21 Å². The number of carboxylic acid groups (broad SMARTS) is 1. The van der Waals surface area contributed by atoms with E-state index in [-0.39, 0.29) is 12.6 Å². The lowest BCUT2D eigenvalue weighted by Crippen LogP contribution is -2.49. The fourth-order valence-corrected chi connectivity index (χ4v) is 3.81. The summed E-state index contributed by atoms with van der Waals surface area (Å²) in [5.74, 6) is -1.17. The number of carbonyl (C=O) groups is 1. The van der Waals surface area contributed by atoms with Crippen LogP contribution in [0, 0.1) is 0 Å². The highest BCUT2D eigenvalue weighted by Crippen LogP contribution is 2.16. The van der Waals surface area contributed by atoms with Crippen LogP contribution in [0.3, 0.4) is 0 Å². The van der Waals surface area contributed by atoms with E-state index in [0.717, 1.165) is 30.1 Å². The van der Waals surface area contributed by atoms with Gasteiger partial charge in [0.05, 0.1) is 19.0 Å². The Morgan fingerprint density at radius 2 is 2.04 bits per heavy atom. The highest BCUT2D eigenvalue weighted by molar-refractivity contribution is 7.88. The first-order valence-electron chi connectivity index (χ1n) is 8.37. The number of nitrogens with zero attached hydrogens (tertiary/aromatic N) is 2. The van der Waals surface area contributed by atoms with E-state index >= 15 is 0 Å². The third-order valence-electron chi connectivity index (χ3n) is 4.30. The summed E-state index contributed by atoms with van der Waals surface area (Å²) in [5.41, 5.74) is 2.56. The Balaban J connectivity index is 2.01. The van der Waals surface area contributed by atoms with E-state index in [1.165, 1.54) is 11.1 Å². The van der Waals surface area contributed by atoms with Crippen LogP contribution >= 0.6 is 0 Å². The number of hydrogen-bond donors (Lipinski definition) is 1. The van der Waals surface area contributed by atoms with Gasteiger partial charge in [0, 0.05) is 26.2 Å². The smallest absolute Gasteiger partial charge is 0.318 e.